The summed E-state index contributed by atoms with van der Waals surface area (Å²) in [6, 6.07) is 0.652. The Morgan fingerprint density at radius 3 is 2.57 bits per heavy atom. The fraction of sp³-hybridized carbons (Fsp3) is 1.00. The van der Waals surface area contributed by atoms with Crippen LogP contribution in [0.25, 0.3) is 0 Å². The Morgan fingerprint density at radius 2 is 2.05 bits per heavy atom. The molecular formula is C17H36N2O2. The average molecular weight is 300 g/mol. The van der Waals surface area contributed by atoms with E-state index in [9.17, 15) is 5.11 Å². The van der Waals surface area contributed by atoms with Crippen LogP contribution in [0.15, 0.2) is 0 Å². The highest BCUT2D eigenvalue weighted by Crippen LogP contribution is 2.37. The molecule has 21 heavy (non-hydrogen) atoms. The number of aliphatic hydroxyl groups excluding tert-OH is 1. The summed E-state index contributed by atoms with van der Waals surface area (Å²) in [6.45, 7) is 7.74. The molecule has 0 heterocycles. The minimum absolute atomic E-state index is 0.0408. The van der Waals surface area contributed by atoms with Crippen LogP contribution in [-0.2, 0) is 4.74 Å². The van der Waals surface area contributed by atoms with Crippen molar-refractivity contribution in [2.24, 2.45) is 5.92 Å². The fourth-order valence-corrected chi connectivity index (χ4v) is 3.99. The van der Waals surface area contributed by atoms with Crippen molar-refractivity contribution in [3.63, 3.8) is 0 Å². The van der Waals surface area contributed by atoms with Crippen molar-refractivity contribution in [1.82, 2.24) is 10.2 Å². The molecule has 2 atom stereocenters. The van der Waals surface area contributed by atoms with Gasteiger partial charge in [0.05, 0.1) is 13.2 Å². The van der Waals surface area contributed by atoms with Crippen molar-refractivity contribution < 1.29 is 9.84 Å². The summed E-state index contributed by atoms with van der Waals surface area (Å²) < 4.78 is 5.27. The monoisotopic (exact) mass is 300 g/mol. The Hall–Kier alpha value is -0.160. The third-order valence-electron chi connectivity index (χ3n) is 5.54. The van der Waals surface area contributed by atoms with Gasteiger partial charge in [0.2, 0.25) is 0 Å². The highest BCUT2D eigenvalue weighted by molar-refractivity contribution is 4.98. The van der Waals surface area contributed by atoms with E-state index in [0.29, 0.717) is 12.0 Å². The maximum atomic E-state index is 9.80. The van der Waals surface area contributed by atoms with E-state index in [1.807, 2.05) is 7.05 Å². The maximum Gasteiger partial charge on any atom is 0.0615 e. The second-order valence-corrected chi connectivity index (χ2v) is 6.44. The molecule has 0 aromatic carbocycles. The summed E-state index contributed by atoms with van der Waals surface area (Å²) in [4.78, 5) is 2.58. The van der Waals surface area contributed by atoms with Crippen LogP contribution in [0.3, 0.4) is 0 Å². The van der Waals surface area contributed by atoms with Gasteiger partial charge in [-0.05, 0) is 51.6 Å². The number of rotatable bonds is 11. The first-order valence-electron chi connectivity index (χ1n) is 8.70. The van der Waals surface area contributed by atoms with Gasteiger partial charge in [-0.2, -0.15) is 0 Å². The van der Waals surface area contributed by atoms with E-state index in [4.69, 9.17) is 4.74 Å². The highest BCUT2D eigenvalue weighted by atomic mass is 16.5. The smallest absolute Gasteiger partial charge is 0.0615 e. The fourth-order valence-electron chi connectivity index (χ4n) is 3.99. The first-order chi connectivity index (χ1) is 10.2. The standard InChI is InChI=1S/C17H36N2O2/c1-5-16(6-2)19(12-13-21-4)11-9-15-8-7-10-17(15,14-20)18-3/h15-16,18,20H,5-14H2,1-4H3. The van der Waals surface area contributed by atoms with Crippen LogP contribution in [0.2, 0.25) is 0 Å². The molecule has 1 aliphatic rings. The summed E-state index contributed by atoms with van der Waals surface area (Å²) in [7, 11) is 3.78. The molecule has 1 rings (SSSR count). The van der Waals surface area contributed by atoms with Crippen LogP contribution in [0, 0.1) is 5.92 Å². The number of hydrogen-bond acceptors (Lipinski definition) is 4. The van der Waals surface area contributed by atoms with E-state index in [0.717, 1.165) is 26.1 Å². The van der Waals surface area contributed by atoms with Crippen LogP contribution in [-0.4, -0.2) is 62.0 Å². The molecule has 2 N–H and O–H groups in total. The molecule has 0 aromatic heterocycles. The lowest BCUT2D eigenvalue weighted by molar-refractivity contribution is 0.0896. The number of nitrogens with one attached hydrogen (secondary N) is 1. The van der Waals surface area contributed by atoms with Crippen molar-refractivity contribution in [3.05, 3.63) is 0 Å². The lowest BCUT2D eigenvalue weighted by Gasteiger charge is -2.36. The molecule has 2 unspecified atom stereocenters. The number of aliphatic hydroxyl groups is 1. The lowest BCUT2D eigenvalue weighted by atomic mass is 9.85. The first kappa shape index (κ1) is 18.9. The molecule has 1 aliphatic carbocycles. The largest absolute Gasteiger partial charge is 0.394 e. The van der Waals surface area contributed by atoms with Gasteiger partial charge >= 0.3 is 0 Å². The predicted octanol–water partition coefficient (Wildman–Crippen LogP) is 2.26. The van der Waals surface area contributed by atoms with E-state index >= 15 is 0 Å². The van der Waals surface area contributed by atoms with E-state index in [-0.39, 0.29) is 12.1 Å². The Bertz CT molecular complexity index is 266. The van der Waals surface area contributed by atoms with Crippen LogP contribution in [0.1, 0.15) is 52.4 Å². The van der Waals surface area contributed by atoms with E-state index in [1.165, 1.54) is 32.1 Å². The molecule has 0 saturated heterocycles. The van der Waals surface area contributed by atoms with Crippen molar-refractivity contribution in [2.45, 2.75) is 64.0 Å². The average Bonchev–Trinajstić information content (AvgIpc) is 2.93. The van der Waals surface area contributed by atoms with Gasteiger partial charge in [-0.1, -0.05) is 20.3 Å². The number of methoxy groups -OCH3 is 1. The summed E-state index contributed by atoms with van der Waals surface area (Å²) in [5.41, 5.74) is -0.0408. The van der Waals surface area contributed by atoms with Gasteiger partial charge in [0.15, 0.2) is 0 Å². The third kappa shape index (κ3) is 4.92. The van der Waals surface area contributed by atoms with Gasteiger partial charge in [-0.3, -0.25) is 4.90 Å². The number of hydrogen-bond donors (Lipinski definition) is 2. The number of nitrogens with zero attached hydrogens (tertiary/aromatic N) is 1. The molecule has 0 radical (unpaired) electrons. The van der Waals surface area contributed by atoms with Gasteiger partial charge in [-0.25, -0.2) is 0 Å². The maximum absolute atomic E-state index is 9.80. The third-order valence-corrected chi connectivity index (χ3v) is 5.54. The lowest BCUT2D eigenvalue weighted by Crippen LogP contribution is -2.50. The zero-order valence-electron chi connectivity index (χ0n) is 14.5. The number of likely N-dealkylation sites (N-methyl/N-ethyl adjacent to an activating group) is 1. The molecule has 0 spiro atoms. The van der Waals surface area contributed by atoms with E-state index in [2.05, 4.69) is 24.1 Å². The number of ether oxygens (including phenoxy) is 1. The topological polar surface area (TPSA) is 44.7 Å². The summed E-state index contributed by atoms with van der Waals surface area (Å²) >= 11 is 0. The van der Waals surface area contributed by atoms with Crippen LogP contribution in [0.5, 0.6) is 0 Å². The van der Waals surface area contributed by atoms with Gasteiger partial charge in [0.25, 0.3) is 0 Å². The molecule has 1 saturated carbocycles. The molecule has 4 nitrogen and oxygen atoms in total. The molecule has 0 amide bonds. The molecule has 126 valence electrons. The van der Waals surface area contributed by atoms with Gasteiger partial charge in [0, 0.05) is 25.2 Å². The minimum Gasteiger partial charge on any atom is -0.394 e. The highest BCUT2D eigenvalue weighted by Gasteiger charge is 2.40. The van der Waals surface area contributed by atoms with Crippen molar-refractivity contribution in [3.8, 4) is 0 Å². The van der Waals surface area contributed by atoms with Crippen molar-refractivity contribution >= 4 is 0 Å². The van der Waals surface area contributed by atoms with Crippen LogP contribution in [0.4, 0.5) is 0 Å². The summed E-state index contributed by atoms with van der Waals surface area (Å²) in [5.74, 6) is 0.590. The van der Waals surface area contributed by atoms with Crippen molar-refractivity contribution in [2.75, 3.05) is 40.5 Å². The Morgan fingerprint density at radius 1 is 1.33 bits per heavy atom. The summed E-state index contributed by atoms with van der Waals surface area (Å²) in [6.07, 6.45) is 7.14. The van der Waals surface area contributed by atoms with Gasteiger partial charge in [0.1, 0.15) is 0 Å². The Labute approximate surface area is 131 Å². The quantitative estimate of drug-likeness (QED) is 0.614. The SMILES string of the molecule is CCC(CC)N(CCOC)CCC1CCCC1(CO)NC. The molecule has 4 heteroatoms. The molecule has 0 aliphatic heterocycles. The zero-order chi connectivity index (χ0) is 15.7. The Kier molecular flexibility index (Phi) is 8.79. The molecule has 0 bridgehead atoms. The van der Waals surface area contributed by atoms with Crippen LogP contribution >= 0.6 is 0 Å². The molecular weight excluding hydrogens is 264 g/mol. The molecule has 1 fully saturated rings. The van der Waals surface area contributed by atoms with Gasteiger partial charge < -0.3 is 15.2 Å². The summed E-state index contributed by atoms with van der Waals surface area (Å²) in [5, 5.41) is 13.2. The zero-order valence-corrected chi connectivity index (χ0v) is 14.5. The molecule has 0 aromatic rings. The predicted molar refractivity (Wildman–Crippen MR) is 88.7 cm³/mol. The Balaban J connectivity index is 2.58. The minimum atomic E-state index is -0.0408. The normalized spacial score (nSPS) is 26.1. The second kappa shape index (κ2) is 9.78. The second-order valence-electron chi connectivity index (χ2n) is 6.44. The van der Waals surface area contributed by atoms with E-state index < -0.39 is 0 Å². The van der Waals surface area contributed by atoms with Crippen molar-refractivity contribution in [1.29, 1.82) is 0 Å². The van der Waals surface area contributed by atoms with Gasteiger partial charge in [-0.15, -0.1) is 0 Å². The first-order valence-corrected chi connectivity index (χ1v) is 8.70. The van der Waals surface area contributed by atoms with Crippen LogP contribution < -0.4 is 5.32 Å². The van der Waals surface area contributed by atoms with E-state index in [1.54, 1.807) is 7.11 Å².